The molecule has 56 valence electrons. The van der Waals surface area contributed by atoms with Crippen molar-refractivity contribution in [3.05, 3.63) is 53.2 Å². The molecule has 0 amide bonds. The maximum Gasteiger partial charge on any atom is 0.184 e. The summed E-state index contributed by atoms with van der Waals surface area (Å²) in [6, 6.07) is 5.06. The zero-order valence-corrected chi connectivity index (χ0v) is 6.41. The van der Waals surface area contributed by atoms with Gasteiger partial charge < -0.3 is 0 Å². The molecular formula is C10H6N2. The third-order valence-electron chi connectivity index (χ3n) is 1.51. The van der Waals surface area contributed by atoms with Gasteiger partial charge in [-0.05, 0) is 5.56 Å². The summed E-state index contributed by atoms with van der Waals surface area (Å²) in [7, 11) is 0. The van der Waals surface area contributed by atoms with E-state index in [0.717, 1.165) is 0 Å². The third kappa shape index (κ3) is 1.19. The van der Waals surface area contributed by atoms with Gasteiger partial charge in [0.25, 0.3) is 0 Å². The summed E-state index contributed by atoms with van der Waals surface area (Å²) in [4.78, 5) is 6.57. The third-order valence-corrected chi connectivity index (χ3v) is 1.51. The smallest absolute Gasteiger partial charge is 0.184 e. The van der Waals surface area contributed by atoms with Crippen molar-refractivity contribution >= 4 is 17.5 Å². The second-order valence-corrected chi connectivity index (χ2v) is 2.14. The lowest BCUT2D eigenvalue weighted by atomic mass is 10.1. The Kier molecular flexibility index (Phi) is 2.26. The number of nitrogens with zero attached hydrogens (tertiary/aromatic N) is 2. The second kappa shape index (κ2) is 3.37. The van der Waals surface area contributed by atoms with Crippen LogP contribution >= 0.6 is 0 Å². The van der Waals surface area contributed by atoms with Gasteiger partial charge in [0.05, 0.1) is 13.1 Å². The number of hydrogen-bond donors (Lipinski definition) is 0. The van der Waals surface area contributed by atoms with Crippen LogP contribution in [0.2, 0.25) is 0 Å². The van der Waals surface area contributed by atoms with E-state index in [1.54, 1.807) is 24.3 Å². The van der Waals surface area contributed by atoms with E-state index in [-0.39, 0.29) is 0 Å². The first-order valence-electron chi connectivity index (χ1n) is 3.34. The van der Waals surface area contributed by atoms with Gasteiger partial charge in [0.2, 0.25) is 0 Å². The summed E-state index contributed by atoms with van der Waals surface area (Å²) in [5, 5.41) is 0. The molecule has 1 aromatic rings. The minimum atomic E-state index is 0.485. The molecule has 0 N–H and O–H groups in total. The van der Waals surface area contributed by atoms with Gasteiger partial charge in [0.1, 0.15) is 0 Å². The Hall–Kier alpha value is -2.06. The molecule has 0 saturated carbocycles. The molecule has 0 bridgehead atoms. The number of hydrogen-bond acceptors (Lipinski definition) is 0. The van der Waals surface area contributed by atoms with Crippen molar-refractivity contribution in [3.8, 4) is 0 Å². The first-order valence-corrected chi connectivity index (χ1v) is 3.34. The van der Waals surface area contributed by atoms with Crippen molar-refractivity contribution in [1.29, 1.82) is 0 Å². The van der Waals surface area contributed by atoms with Crippen molar-refractivity contribution < 1.29 is 0 Å². The summed E-state index contributed by atoms with van der Waals surface area (Å²) < 4.78 is 0. The van der Waals surface area contributed by atoms with E-state index in [1.165, 1.54) is 0 Å². The van der Waals surface area contributed by atoms with Gasteiger partial charge in [0.15, 0.2) is 11.4 Å². The van der Waals surface area contributed by atoms with E-state index in [0.29, 0.717) is 16.9 Å². The Morgan fingerprint density at radius 1 is 1.17 bits per heavy atom. The Bertz CT molecular complexity index is 359. The van der Waals surface area contributed by atoms with Crippen LogP contribution in [0.15, 0.2) is 24.8 Å². The van der Waals surface area contributed by atoms with E-state index in [2.05, 4.69) is 16.3 Å². The van der Waals surface area contributed by atoms with Gasteiger partial charge in [-0.15, -0.1) is 6.58 Å². The predicted molar refractivity (Wildman–Crippen MR) is 49.1 cm³/mol. The second-order valence-electron chi connectivity index (χ2n) is 2.14. The Morgan fingerprint density at radius 3 is 2.00 bits per heavy atom. The molecule has 0 aliphatic rings. The molecule has 0 fully saturated rings. The fourth-order valence-electron chi connectivity index (χ4n) is 0.945. The standard InChI is InChI=1S/C10H6N2/c1-4-8-9(11-2)6-5-7-10(8)12-3/h4-7H,1H2. The lowest BCUT2D eigenvalue weighted by molar-refractivity contribution is 1.68. The summed E-state index contributed by atoms with van der Waals surface area (Å²) in [5.41, 5.74) is 1.60. The van der Waals surface area contributed by atoms with E-state index >= 15 is 0 Å². The summed E-state index contributed by atoms with van der Waals surface area (Å²) in [6.07, 6.45) is 1.54. The highest BCUT2D eigenvalue weighted by molar-refractivity contribution is 5.78. The van der Waals surface area contributed by atoms with Gasteiger partial charge in [-0.25, -0.2) is 9.69 Å². The van der Waals surface area contributed by atoms with Gasteiger partial charge in [-0.3, -0.25) is 0 Å². The van der Waals surface area contributed by atoms with Gasteiger partial charge >= 0.3 is 0 Å². The highest BCUT2D eigenvalue weighted by Crippen LogP contribution is 2.29. The molecular weight excluding hydrogens is 148 g/mol. The van der Waals surface area contributed by atoms with Crippen molar-refractivity contribution in [3.63, 3.8) is 0 Å². The molecule has 2 nitrogen and oxygen atoms in total. The molecule has 0 aromatic heterocycles. The molecule has 0 saturated heterocycles. The number of rotatable bonds is 1. The van der Waals surface area contributed by atoms with Crippen LogP contribution in [-0.2, 0) is 0 Å². The molecule has 0 unspecified atom stereocenters. The van der Waals surface area contributed by atoms with Crippen LogP contribution in [0.25, 0.3) is 15.8 Å². The zero-order chi connectivity index (χ0) is 8.97. The molecule has 0 spiro atoms. The van der Waals surface area contributed by atoms with Crippen LogP contribution in [0, 0.1) is 13.1 Å². The van der Waals surface area contributed by atoms with E-state index < -0.39 is 0 Å². The topological polar surface area (TPSA) is 8.72 Å². The van der Waals surface area contributed by atoms with Gasteiger partial charge in [-0.2, -0.15) is 0 Å². The van der Waals surface area contributed by atoms with Crippen LogP contribution in [0.1, 0.15) is 5.56 Å². The van der Waals surface area contributed by atoms with Crippen LogP contribution in [0.3, 0.4) is 0 Å². The summed E-state index contributed by atoms with van der Waals surface area (Å²) >= 11 is 0. The molecule has 0 aliphatic heterocycles. The Morgan fingerprint density at radius 2 is 1.67 bits per heavy atom. The molecule has 0 radical (unpaired) electrons. The zero-order valence-electron chi connectivity index (χ0n) is 6.41. The molecule has 0 atom stereocenters. The van der Waals surface area contributed by atoms with Crippen LogP contribution in [0.4, 0.5) is 11.4 Å². The molecule has 12 heavy (non-hydrogen) atoms. The summed E-state index contributed by atoms with van der Waals surface area (Å²) in [5.74, 6) is 0. The van der Waals surface area contributed by atoms with Crippen LogP contribution < -0.4 is 0 Å². The first-order chi connectivity index (χ1) is 5.83. The maximum atomic E-state index is 6.83. The largest absolute Gasteiger partial charge is 0.239 e. The first kappa shape index (κ1) is 8.04. The van der Waals surface area contributed by atoms with E-state index in [9.17, 15) is 0 Å². The number of benzene rings is 1. The van der Waals surface area contributed by atoms with Crippen molar-refractivity contribution in [2.24, 2.45) is 0 Å². The molecule has 1 rings (SSSR count). The monoisotopic (exact) mass is 154 g/mol. The maximum absolute atomic E-state index is 6.83. The van der Waals surface area contributed by atoms with Crippen molar-refractivity contribution in [1.82, 2.24) is 0 Å². The molecule has 0 aliphatic carbocycles. The van der Waals surface area contributed by atoms with Crippen LogP contribution in [0.5, 0.6) is 0 Å². The van der Waals surface area contributed by atoms with Gasteiger partial charge in [-0.1, -0.05) is 24.3 Å². The van der Waals surface area contributed by atoms with Crippen molar-refractivity contribution in [2.45, 2.75) is 0 Å². The normalized spacial score (nSPS) is 8.17. The quantitative estimate of drug-likeness (QED) is 0.548. The summed E-state index contributed by atoms with van der Waals surface area (Å²) in [6.45, 7) is 17.2. The molecule has 2 heteroatoms. The SMILES string of the molecule is [C-]#[N+]c1cccc([N+]#[C-])c1C=C. The average molecular weight is 154 g/mol. The Labute approximate surface area is 71.4 Å². The Balaban J connectivity index is 3.47. The fourth-order valence-corrected chi connectivity index (χ4v) is 0.945. The van der Waals surface area contributed by atoms with Crippen molar-refractivity contribution in [2.75, 3.05) is 0 Å². The van der Waals surface area contributed by atoms with E-state index in [1.807, 2.05) is 0 Å². The molecule has 1 aromatic carbocycles. The van der Waals surface area contributed by atoms with Crippen LogP contribution in [-0.4, -0.2) is 0 Å². The lowest BCUT2D eigenvalue weighted by Gasteiger charge is -1.98. The fraction of sp³-hybridized carbons (Fsp3) is 0. The van der Waals surface area contributed by atoms with E-state index in [4.69, 9.17) is 13.1 Å². The average Bonchev–Trinajstić information content (AvgIpc) is 2.16. The minimum absolute atomic E-state index is 0.485. The highest BCUT2D eigenvalue weighted by Gasteiger charge is 2.02. The lowest BCUT2D eigenvalue weighted by Crippen LogP contribution is -1.71. The van der Waals surface area contributed by atoms with Gasteiger partial charge in [0, 0.05) is 0 Å². The highest BCUT2D eigenvalue weighted by atomic mass is 14.7. The predicted octanol–water partition coefficient (Wildman–Crippen LogP) is 3.43. The minimum Gasteiger partial charge on any atom is -0.239 e. The molecule has 0 heterocycles.